The first-order chi connectivity index (χ1) is 12.1. The molecule has 0 aliphatic heterocycles. The van der Waals surface area contributed by atoms with Crippen molar-refractivity contribution in [3.05, 3.63) is 34.6 Å². The van der Waals surface area contributed by atoms with E-state index in [1.54, 1.807) is 6.07 Å². The number of carbonyl (C=O) groups excluding carboxylic acids is 1. The third kappa shape index (κ3) is 5.37. The molecular weight excluding hydrogens is 360 g/mol. The van der Waals surface area contributed by atoms with Crippen LogP contribution in [0.3, 0.4) is 0 Å². The molecule has 1 saturated carbocycles. The number of aryl methyl sites for hydroxylation is 1. The molecule has 8 heteroatoms. The standard InChI is InChI=1S/C17H21ClN4O2S/c1-11-8-13(6-7-14(11)18)24-9-15-20-17(22-21-15)25-10-16(23)19-12-4-2-3-5-12/h6-8,12H,2-5,9-10H2,1H3,(H,19,23)(H,20,21,22). The van der Waals surface area contributed by atoms with Crippen LogP contribution in [-0.2, 0) is 11.4 Å². The maximum Gasteiger partial charge on any atom is 0.230 e. The molecule has 0 atom stereocenters. The molecule has 1 aromatic heterocycles. The predicted molar refractivity (Wildman–Crippen MR) is 98.0 cm³/mol. The summed E-state index contributed by atoms with van der Waals surface area (Å²) in [7, 11) is 0. The van der Waals surface area contributed by atoms with Crippen molar-refractivity contribution in [2.45, 2.75) is 50.4 Å². The summed E-state index contributed by atoms with van der Waals surface area (Å²) in [6.45, 7) is 2.21. The summed E-state index contributed by atoms with van der Waals surface area (Å²) in [5, 5.41) is 11.3. The van der Waals surface area contributed by atoms with Crippen molar-refractivity contribution < 1.29 is 9.53 Å². The van der Waals surface area contributed by atoms with Gasteiger partial charge in [-0.1, -0.05) is 36.2 Å². The van der Waals surface area contributed by atoms with Gasteiger partial charge in [-0.05, 0) is 43.5 Å². The first kappa shape index (κ1) is 18.1. The Balaban J connectivity index is 1.43. The zero-order valence-corrected chi connectivity index (χ0v) is 15.6. The summed E-state index contributed by atoms with van der Waals surface area (Å²) in [6.07, 6.45) is 4.58. The molecule has 1 heterocycles. The van der Waals surface area contributed by atoms with Crippen molar-refractivity contribution in [2.75, 3.05) is 5.75 Å². The third-order valence-electron chi connectivity index (χ3n) is 4.07. The minimum absolute atomic E-state index is 0.0381. The first-order valence-electron chi connectivity index (χ1n) is 8.32. The number of rotatable bonds is 7. The fourth-order valence-electron chi connectivity index (χ4n) is 2.74. The number of benzene rings is 1. The number of hydrogen-bond donors (Lipinski definition) is 2. The molecule has 0 unspecified atom stereocenters. The van der Waals surface area contributed by atoms with Crippen molar-refractivity contribution in [1.29, 1.82) is 0 Å². The van der Waals surface area contributed by atoms with Crippen molar-refractivity contribution >= 4 is 29.3 Å². The number of amides is 1. The molecule has 0 bridgehead atoms. The molecule has 3 rings (SSSR count). The molecule has 134 valence electrons. The molecule has 0 radical (unpaired) electrons. The minimum atomic E-state index is 0.0381. The van der Waals surface area contributed by atoms with Gasteiger partial charge in [-0.3, -0.25) is 9.89 Å². The lowest BCUT2D eigenvalue weighted by molar-refractivity contribution is -0.119. The van der Waals surface area contributed by atoms with Gasteiger partial charge in [0.1, 0.15) is 12.4 Å². The Morgan fingerprint density at radius 3 is 3.00 bits per heavy atom. The molecule has 0 saturated heterocycles. The minimum Gasteiger partial charge on any atom is -0.486 e. The molecule has 0 spiro atoms. The van der Waals surface area contributed by atoms with E-state index in [1.165, 1.54) is 24.6 Å². The lowest BCUT2D eigenvalue weighted by Crippen LogP contribution is -2.33. The highest BCUT2D eigenvalue weighted by Crippen LogP contribution is 2.22. The molecule has 1 aliphatic rings. The topological polar surface area (TPSA) is 79.9 Å². The molecule has 1 aromatic carbocycles. The second kappa shape index (κ2) is 8.58. The Bertz CT molecular complexity index is 731. The monoisotopic (exact) mass is 380 g/mol. The van der Waals surface area contributed by atoms with Crippen molar-refractivity contribution in [3.8, 4) is 5.75 Å². The van der Waals surface area contributed by atoms with E-state index in [0.29, 0.717) is 27.8 Å². The second-order valence-electron chi connectivity index (χ2n) is 6.10. The van der Waals surface area contributed by atoms with E-state index in [2.05, 4.69) is 20.5 Å². The highest BCUT2D eigenvalue weighted by atomic mass is 35.5. The van der Waals surface area contributed by atoms with E-state index in [9.17, 15) is 4.79 Å². The van der Waals surface area contributed by atoms with Crippen molar-refractivity contribution in [2.24, 2.45) is 0 Å². The molecule has 6 nitrogen and oxygen atoms in total. The zero-order valence-electron chi connectivity index (χ0n) is 14.0. The quantitative estimate of drug-likeness (QED) is 0.718. The number of ether oxygens (including phenoxy) is 1. The number of aromatic nitrogens is 3. The van der Waals surface area contributed by atoms with Crippen LogP contribution < -0.4 is 10.1 Å². The molecule has 1 amide bonds. The van der Waals surface area contributed by atoms with E-state index >= 15 is 0 Å². The van der Waals surface area contributed by atoms with Crippen LogP contribution in [0.15, 0.2) is 23.4 Å². The Labute approximate surface area is 156 Å². The number of nitrogens with zero attached hydrogens (tertiary/aromatic N) is 2. The van der Waals surface area contributed by atoms with Crippen LogP contribution in [0.1, 0.15) is 37.1 Å². The third-order valence-corrected chi connectivity index (χ3v) is 5.34. The smallest absolute Gasteiger partial charge is 0.230 e. The van der Waals surface area contributed by atoms with Crippen LogP contribution in [0.4, 0.5) is 0 Å². The summed E-state index contributed by atoms with van der Waals surface area (Å²) in [6, 6.07) is 5.83. The van der Waals surface area contributed by atoms with Crippen molar-refractivity contribution in [1.82, 2.24) is 20.5 Å². The van der Waals surface area contributed by atoms with Crippen LogP contribution in [0, 0.1) is 6.92 Å². The summed E-state index contributed by atoms with van der Waals surface area (Å²) in [5.41, 5.74) is 0.959. The predicted octanol–water partition coefficient (Wildman–Crippen LogP) is 3.50. The van der Waals surface area contributed by atoms with Crippen LogP contribution in [0.2, 0.25) is 5.02 Å². The SMILES string of the molecule is Cc1cc(OCc2nc(SCC(=O)NC3CCCC3)n[nH]2)ccc1Cl. The molecule has 1 fully saturated rings. The summed E-state index contributed by atoms with van der Waals surface area (Å²) >= 11 is 7.32. The van der Waals surface area contributed by atoms with Gasteiger partial charge in [0.25, 0.3) is 0 Å². The lowest BCUT2D eigenvalue weighted by atomic mass is 10.2. The Morgan fingerprint density at radius 2 is 2.24 bits per heavy atom. The van der Waals surface area contributed by atoms with E-state index < -0.39 is 0 Å². The zero-order chi connectivity index (χ0) is 17.6. The van der Waals surface area contributed by atoms with Crippen LogP contribution >= 0.6 is 23.4 Å². The number of halogens is 1. The highest BCUT2D eigenvalue weighted by Gasteiger charge is 2.17. The van der Waals surface area contributed by atoms with E-state index in [4.69, 9.17) is 16.3 Å². The fourth-order valence-corrected chi connectivity index (χ4v) is 3.48. The average molecular weight is 381 g/mol. The Kier molecular flexibility index (Phi) is 6.20. The number of hydrogen-bond acceptors (Lipinski definition) is 5. The van der Waals surface area contributed by atoms with Gasteiger partial charge in [-0.25, -0.2) is 4.98 Å². The average Bonchev–Trinajstić information content (AvgIpc) is 3.26. The van der Waals surface area contributed by atoms with Gasteiger partial charge in [-0.2, -0.15) is 0 Å². The van der Waals surface area contributed by atoms with E-state index in [0.717, 1.165) is 24.2 Å². The van der Waals surface area contributed by atoms with Crippen molar-refractivity contribution in [3.63, 3.8) is 0 Å². The van der Waals surface area contributed by atoms with E-state index in [1.807, 2.05) is 19.1 Å². The largest absolute Gasteiger partial charge is 0.486 e. The maximum atomic E-state index is 11.9. The molecule has 2 N–H and O–H groups in total. The number of carbonyl (C=O) groups is 1. The molecular formula is C17H21ClN4O2S. The Hall–Kier alpha value is -1.73. The number of aromatic amines is 1. The molecule has 1 aliphatic carbocycles. The fraction of sp³-hybridized carbons (Fsp3) is 0.471. The first-order valence-corrected chi connectivity index (χ1v) is 9.69. The van der Waals surface area contributed by atoms with Crippen LogP contribution in [-0.4, -0.2) is 32.9 Å². The second-order valence-corrected chi connectivity index (χ2v) is 7.45. The summed E-state index contributed by atoms with van der Waals surface area (Å²) < 4.78 is 5.67. The highest BCUT2D eigenvalue weighted by molar-refractivity contribution is 7.99. The lowest BCUT2D eigenvalue weighted by Gasteiger charge is -2.10. The molecule has 2 aromatic rings. The van der Waals surface area contributed by atoms with Gasteiger partial charge in [0.15, 0.2) is 5.82 Å². The Morgan fingerprint density at radius 1 is 1.44 bits per heavy atom. The van der Waals surface area contributed by atoms with Gasteiger partial charge in [0.05, 0.1) is 5.75 Å². The van der Waals surface area contributed by atoms with Gasteiger partial charge < -0.3 is 10.1 Å². The van der Waals surface area contributed by atoms with Gasteiger partial charge in [0.2, 0.25) is 11.1 Å². The summed E-state index contributed by atoms with van der Waals surface area (Å²) in [5.74, 6) is 1.70. The van der Waals surface area contributed by atoms with Gasteiger partial charge in [0, 0.05) is 11.1 Å². The van der Waals surface area contributed by atoms with Gasteiger partial charge in [-0.15, -0.1) is 5.10 Å². The maximum absolute atomic E-state index is 11.9. The van der Waals surface area contributed by atoms with Gasteiger partial charge >= 0.3 is 0 Å². The molecule has 25 heavy (non-hydrogen) atoms. The number of H-pyrrole nitrogens is 1. The van der Waals surface area contributed by atoms with Crippen LogP contribution in [0.25, 0.3) is 0 Å². The van der Waals surface area contributed by atoms with E-state index in [-0.39, 0.29) is 12.5 Å². The number of thioether (sulfide) groups is 1. The normalized spacial score (nSPS) is 14.6. The number of nitrogens with one attached hydrogen (secondary N) is 2. The summed E-state index contributed by atoms with van der Waals surface area (Å²) in [4.78, 5) is 16.3. The van der Waals surface area contributed by atoms with Crippen LogP contribution in [0.5, 0.6) is 5.75 Å².